The fourth-order valence-electron chi connectivity index (χ4n) is 2.95. The minimum atomic E-state index is -0.487. The van der Waals surface area contributed by atoms with Crippen molar-refractivity contribution in [3.8, 4) is 16.9 Å². The average Bonchev–Trinajstić information content (AvgIpc) is 2.61. The zero-order chi connectivity index (χ0) is 17.1. The summed E-state index contributed by atoms with van der Waals surface area (Å²) >= 11 is 0. The second-order valence-electron chi connectivity index (χ2n) is 5.97. The molecular formula is C19H21FN2O2. The van der Waals surface area contributed by atoms with Gasteiger partial charge in [0.2, 0.25) is 0 Å². The SMILES string of the molecule is COc1ccc(-c2ccc(C(=O)N3CCNC[C@@H]3C)c(F)c2)cc1. The number of hydrogen-bond donors (Lipinski definition) is 1. The maximum Gasteiger partial charge on any atom is 0.257 e. The third-order valence-corrected chi connectivity index (χ3v) is 4.38. The van der Waals surface area contributed by atoms with Crippen LogP contribution in [0.15, 0.2) is 42.5 Å². The van der Waals surface area contributed by atoms with Gasteiger partial charge in [0.25, 0.3) is 5.91 Å². The maximum atomic E-state index is 14.5. The molecule has 0 radical (unpaired) electrons. The van der Waals surface area contributed by atoms with E-state index in [4.69, 9.17) is 4.74 Å². The van der Waals surface area contributed by atoms with Crippen LogP contribution in [0.4, 0.5) is 4.39 Å². The minimum Gasteiger partial charge on any atom is -0.497 e. The molecule has 0 saturated carbocycles. The van der Waals surface area contributed by atoms with Crippen LogP contribution in [0.3, 0.4) is 0 Å². The number of carbonyl (C=O) groups is 1. The molecule has 5 heteroatoms. The first kappa shape index (κ1) is 16.5. The van der Waals surface area contributed by atoms with Crippen molar-refractivity contribution in [3.63, 3.8) is 0 Å². The molecule has 2 aromatic carbocycles. The van der Waals surface area contributed by atoms with Crippen LogP contribution in [0.2, 0.25) is 0 Å². The smallest absolute Gasteiger partial charge is 0.257 e. The van der Waals surface area contributed by atoms with E-state index >= 15 is 0 Å². The number of nitrogens with one attached hydrogen (secondary N) is 1. The Morgan fingerprint density at radius 3 is 2.54 bits per heavy atom. The zero-order valence-corrected chi connectivity index (χ0v) is 13.9. The lowest BCUT2D eigenvalue weighted by atomic mass is 10.0. The number of nitrogens with zero attached hydrogens (tertiary/aromatic N) is 1. The molecule has 1 atom stereocenters. The van der Waals surface area contributed by atoms with Crippen LogP contribution in [0.5, 0.6) is 5.75 Å². The van der Waals surface area contributed by atoms with Gasteiger partial charge in [-0.05, 0) is 42.3 Å². The van der Waals surface area contributed by atoms with E-state index < -0.39 is 5.82 Å². The van der Waals surface area contributed by atoms with Crippen LogP contribution in [-0.4, -0.2) is 43.6 Å². The van der Waals surface area contributed by atoms with Gasteiger partial charge in [-0.1, -0.05) is 18.2 Å². The molecule has 3 rings (SSSR count). The van der Waals surface area contributed by atoms with Gasteiger partial charge in [0.15, 0.2) is 0 Å². The van der Waals surface area contributed by atoms with Crippen molar-refractivity contribution < 1.29 is 13.9 Å². The summed E-state index contributed by atoms with van der Waals surface area (Å²) < 4.78 is 19.7. The molecule has 24 heavy (non-hydrogen) atoms. The van der Waals surface area contributed by atoms with Gasteiger partial charge in [-0.15, -0.1) is 0 Å². The number of carbonyl (C=O) groups excluding carboxylic acids is 1. The van der Waals surface area contributed by atoms with Crippen molar-refractivity contribution in [1.29, 1.82) is 0 Å². The summed E-state index contributed by atoms with van der Waals surface area (Å²) in [6, 6.07) is 12.2. The van der Waals surface area contributed by atoms with E-state index in [-0.39, 0.29) is 17.5 Å². The van der Waals surface area contributed by atoms with E-state index in [1.165, 1.54) is 6.07 Å². The summed E-state index contributed by atoms with van der Waals surface area (Å²) in [6.07, 6.45) is 0. The molecule has 1 aliphatic rings. The molecule has 1 aliphatic heterocycles. The molecule has 1 saturated heterocycles. The fraction of sp³-hybridized carbons (Fsp3) is 0.316. The first-order chi connectivity index (χ1) is 11.6. The van der Waals surface area contributed by atoms with Gasteiger partial charge in [-0.3, -0.25) is 4.79 Å². The summed E-state index contributed by atoms with van der Waals surface area (Å²) in [5.74, 6) is 0.0144. The molecule has 0 unspecified atom stereocenters. The van der Waals surface area contributed by atoms with Crippen molar-refractivity contribution in [2.45, 2.75) is 13.0 Å². The first-order valence-electron chi connectivity index (χ1n) is 8.06. The predicted octanol–water partition coefficient (Wildman–Crippen LogP) is 2.94. The lowest BCUT2D eigenvalue weighted by molar-refractivity contribution is 0.0651. The minimum absolute atomic E-state index is 0.0620. The van der Waals surface area contributed by atoms with Crippen LogP contribution in [0.1, 0.15) is 17.3 Å². The molecule has 1 fully saturated rings. The second-order valence-corrected chi connectivity index (χ2v) is 5.97. The summed E-state index contributed by atoms with van der Waals surface area (Å²) in [4.78, 5) is 14.3. The number of ether oxygens (including phenoxy) is 1. The Labute approximate surface area is 141 Å². The molecule has 0 aliphatic carbocycles. The summed E-state index contributed by atoms with van der Waals surface area (Å²) in [6.45, 7) is 4.03. The maximum absolute atomic E-state index is 14.5. The summed E-state index contributed by atoms with van der Waals surface area (Å²) in [5.41, 5.74) is 1.74. The third-order valence-electron chi connectivity index (χ3n) is 4.38. The number of amides is 1. The lowest BCUT2D eigenvalue weighted by Crippen LogP contribution is -2.52. The Kier molecular flexibility index (Phi) is 4.81. The van der Waals surface area contributed by atoms with Crippen LogP contribution in [-0.2, 0) is 0 Å². The highest BCUT2D eigenvalue weighted by Gasteiger charge is 2.26. The number of methoxy groups -OCH3 is 1. The molecule has 1 heterocycles. The number of benzene rings is 2. The summed E-state index contributed by atoms with van der Waals surface area (Å²) in [5, 5.41) is 3.23. The van der Waals surface area contributed by atoms with E-state index in [0.29, 0.717) is 6.54 Å². The van der Waals surface area contributed by atoms with Crippen LogP contribution < -0.4 is 10.1 Å². The van der Waals surface area contributed by atoms with Crippen molar-refractivity contribution in [2.75, 3.05) is 26.7 Å². The highest BCUT2D eigenvalue weighted by molar-refractivity contribution is 5.95. The lowest BCUT2D eigenvalue weighted by Gasteiger charge is -2.34. The Bertz CT molecular complexity index is 731. The quantitative estimate of drug-likeness (QED) is 0.942. The van der Waals surface area contributed by atoms with Crippen molar-refractivity contribution in [3.05, 3.63) is 53.8 Å². The van der Waals surface area contributed by atoms with Gasteiger partial charge in [0.1, 0.15) is 11.6 Å². The second kappa shape index (κ2) is 7.01. The van der Waals surface area contributed by atoms with Crippen LogP contribution >= 0.6 is 0 Å². The normalized spacial score (nSPS) is 17.6. The molecule has 0 spiro atoms. The highest BCUT2D eigenvalue weighted by Crippen LogP contribution is 2.25. The molecular weight excluding hydrogens is 307 g/mol. The predicted molar refractivity (Wildman–Crippen MR) is 91.8 cm³/mol. The largest absolute Gasteiger partial charge is 0.497 e. The Morgan fingerprint density at radius 2 is 1.92 bits per heavy atom. The van der Waals surface area contributed by atoms with E-state index in [2.05, 4.69) is 5.32 Å². The number of piperazine rings is 1. The van der Waals surface area contributed by atoms with Crippen molar-refractivity contribution in [2.24, 2.45) is 0 Å². The van der Waals surface area contributed by atoms with E-state index in [1.807, 2.05) is 31.2 Å². The van der Waals surface area contributed by atoms with Crippen molar-refractivity contribution in [1.82, 2.24) is 10.2 Å². The molecule has 1 N–H and O–H groups in total. The highest BCUT2D eigenvalue weighted by atomic mass is 19.1. The topological polar surface area (TPSA) is 41.6 Å². The fourth-order valence-corrected chi connectivity index (χ4v) is 2.95. The molecule has 4 nitrogen and oxygen atoms in total. The van der Waals surface area contributed by atoms with Gasteiger partial charge in [0.05, 0.1) is 12.7 Å². The Morgan fingerprint density at radius 1 is 1.21 bits per heavy atom. The molecule has 0 aromatic heterocycles. The Hall–Kier alpha value is -2.40. The van der Waals surface area contributed by atoms with Crippen LogP contribution in [0, 0.1) is 5.82 Å². The summed E-state index contributed by atoms with van der Waals surface area (Å²) in [7, 11) is 1.60. The number of rotatable bonds is 3. The molecule has 0 bridgehead atoms. The van der Waals surface area contributed by atoms with E-state index in [1.54, 1.807) is 24.1 Å². The van der Waals surface area contributed by atoms with Gasteiger partial charge in [-0.25, -0.2) is 4.39 Å². The number of halogens is 1. The van der Waals surface area contributed by atoms with Gasteiger partial charge in [0, 0.05) is 25.7 Å². The van der Waals surface area contributed by atoms with Crippen LogP contribution in [0.25, 0.3) is 11.1 Å². The average molecular weight is 328 g/mol. The standard InChI is InChI=1S/C19H21FN2O2/c1-13-12-21-9-10-22(13)19(23)17-8-5-15(11-18(17)20)14-3-6-16(24-2)7-4-14/h3-8,11,13,21H,9-10,12H2,1-2H3/t13-/m0/s1. The van der Waals surface area contributed by atoms with Gasteiger partial charge in [-0.2, -0.15) is 0 Å². The first-order valence-corrected chi connectivity index (χ1v) is 8.06. The molecule has 1 amide bonds. The van der Waals surface area contributed by atoms with Gasteiger partial charge >= 0.3 is 0 Å². The Balaban J connectivity index is 1.85. The molecule has 126 valence electrons. The van der Waals surface area contributed by atoms with Crippen molar-refractivity contribution >= 4 is 5.91 Å². The third kappa shape index (κ3) is 3.26. The van der Waals surface area contributed by atoms with E-state index in [9.17, 15) is 9.18 Å². The monoisotopic (exact) mass is 328 g/mol. The van der Waals surface area contributed by atoms with E-state index in [0.717, 1.165) is 30.0 Å². The zero-order valence-electron chi connectivity index (χ0n) is 13.9. The van der Waals surface area contributed by atoms with Gasteiger partial charge < -0.3 is 15.0 Å². The number of hydrogen-bond acceptors (Lipinski definition) is 3. The molecule has 2 aromatic rings.